The fourth-order valence-electron chi connectivity index (χ4n) is 6.76. The van der Waals surface area contributed by atoms with E-state index in [1.165, 1.54) is 70.9 Å². The number of nitrogens with one attached hydrogen (secondary N) is 4. The van der Waals surface area contributed by atoms with E-state index >= 15 is 0 Å². The van der Waals surface area contributed by atoms with Gasteiger partial charge in [-0.15, -0.1) is 0 Å². The lowest BCUT2D eigenvalue weighted by molar-refractivity contribution is 0.275. The first-order chi connectivity index (χ1) is 16.7. The van der Waals surface area contributed by atoms with Gasteiger partial charge in [-0.1, -0.05) is 6.42 Å². The van der Waals surface area contributed by atoms with Gasteiger partial charge in [-0.3, -0.25) is 0 Å². The van der Waals surface area contributed by atoms with Gasteiger partial charge in [0.05, 0.1) is 0 Å². The Bertz CT molecular complexity index is 759. The maximum atomic E-state index is 6.07. The highest BCUT2D eigenvalue weighted by Gasteiger charge is 2.38. The van der Waals surface area contributed by atoms with Crippen LogP contribution in [0, 0.1) is 23.7 Å². The molecular formula is C26H46N8. The van der Waals surface area contributed by atoms with E-state index in [1.54, 1.807) is 0 Å². The number of rotatable bonds is 11. The third-order valence-electron chi connectivity index (χ3n) is 8.80. The van der Waals surface area contributed by atoms with Gasteiger partial charge in [0, 0.05) is 44.8 Å². The fourth-order valence-corrected chi connectivity index (χ4v) is 6.76. The second kappa shape index (κ2) is 11.9. The molecule has 1 aromatic heterocycles. The smallest absolute Gasteiger partial charge is 0.226 e. The van der Waals surface area contributed by atoms with Crippen LogP contribution >= 0.6 is 0 Å². The van der Waals surface area contributed by atoms with E-state index < -0.39 is 0 Å². The molecule has 3 aliphatic carbocycles. The SMILES string of the molecule is Nc1cc(N2CCNCC2)nc(NCC2CCC(CNCCCNC3C[C@@H]4CCC3C4)CC2)n1. The molecular weight excluding hydrogens is 424 g/mol. The Kier molecular flexibility index (Phi) is 8.40. The number of nitrogens with zero attached hydrogens (tertiary/aromatic N) is 3. The van der Waals surface area contributed by atoms with Crippen LogP contribution in [0.2, 0.25) is 0 Å². The highest BCUT2D eigenvalue weighted by molar-refractivity contribution is 5.51. The molecule has 1 aromatic rings. The zero-order chi connectivity index (χ0) is 23.2. The molecule has 190 valence electrons. The van der Waals surface area contributed by atoms with Gasteiger partial charge in [0.2, 0.25) is 5.95 Å². The zero-order valence-electron chi connectivity index (χ0n) is 20.9. The number of fused-ring (bicyclic) bond motifs is 2. The lowest BCUT2D eigenvalue weighted by Crippen LogP contribution is -2.44. The molecule has 3 saturated carbocycles. The monoisotopic (exact) mass is 470 g/mol. The van der Waals surface area contributed by atoms with Crippen molar-refractivity contribution in [2.24, 2.45) is 23.7 Å². The molecule has 1 aliphatic heterocycles. The molecule has 0 amide bonds. The van der Waals surface area contributed by atoms with Crippen molar-refractivity contribution in [1.82, 2.24) is 25.9 Å². The molecule has 8 heteroatoms. The summed E-state index contributed by atoms with van der Waals surface area (Å²) < 4.78 is 0. The Labute approximate surface area is 205 Å². The third kappa shape index (κ3) is 6.52. The Balaban J connectivity index is 0.936. The molecule has 8 nitrogen and oxygen atoms in total. The Morgan fingerprint density at radius 1 is 0.941 bits per heavy atom. The van der Waals surface area contributed by atoms with Gasteiger partial charge in [-0.25, -0.2) is 0 Å². The normalized spacial score (nSPS) is 31.2. The van der Waals surface area contributed by atoms with Crippen molar-refractivity contribution in [3.8, 4) is 0 Å². The van der Waals surface area contributed by atoms with Crippen LogP contribution in [0.15, 0.2) is 6.07 Å². The van der Waals surface area contributed by atoms with Crippen LogP contribution in [0.25, 0.3) is 0 Å². The van der Waals surface area contributed by atoms with Crippen molar-refractivity contribution >= 4 is 17.6 Å². The maximum Gasteiger partial charge on any atom is 0.226 e. The first-order valence-electron chi connectivity index (χ1n) is 14.0. The molecule has 3 atom stereocenters. The van der Waals surface area contributed by atoms with Crippen LogP contribution in [-0.4, -0.2) is 68.4 Å². The van der Waals surface area contributed by atoms with Crippen LogP contribution in [-0.2, 0) is 0 Å². The Morgan fingerprint density at radius 3 is 2.47 bits per heavy atom. The predicted molar refractivity (Wildman–Crippen MR) is 140 cm³/mol. The lowest BCUT2D eigenvalue weighted by Gasteiger charge is -2.30. The minimum absolute atomic E-state index is 0.548. The third-order valence-corrected chi connectivity index (χ3v) is 8.80. The summed E-state index contributed by atoms with van der Waals surface area (Å²) in [4.78, 5) is 11.4. The lowest BCUT2D eigenvalue weighted by atomic mass is 9.82. The number of aromatic nitrogens is 2. The van der Waals surface area contributed by atoms with Crippen molar-refractivity contribution < 1.29 is 0 Å². The first kappa shape index (κ1) is 24.1. The van der Waals surface area contributed by atoms with Crippen molar-refractivity contribution in [1.29, 1.82) is 0 Å². The summed E-state index contributed by atoms with van der Waals surface area (Å²) in [6.07, 6.45) is 12.4. The van der Waals surface area contributed by atoms with Crippen molar-refractivity contribution in [3.63, 3.8) is 0 Å². The van der Waals surface area contributed by atoms with Gasteiger partial charge >= 0.3 is 0 Å². The van der Waals surface area contributed by atoms with Gasteiger partial charge in [0.15, 0.2) is 0 Å². The Morgan fingerprint density at radius 2 is 1.74 bits per heavy atom. The highest BCUT2D eigenvalue weighted by Crippen LogP contribution is 2.44. The van der Waals surface area contributed by atoms with E-state index in [0.717, 1.165) is 68.9 Å². The summed E-state index contributed by atoms with van der Waals surface area (Å²) >= 11 is 0. The quantitative estimate of drug-likeness (QED) is 0.314. The number of anilines is 3. The molecule has 0 radical (unpaired) electrons. The minimum atomic E-state index is 0.548. The molecule has 2 bridgehead atoms. The summed E-state index contributed by atoms with van der Waals surface area (Å²) in [5.41, 5.74) is 6.07. The molecule has 1 saturated heterocycles. The molecule has 5 rings (SSSR count). The molecule has 2 unspecified atom stereocenters. The number of nitrogens with two attached hydrogens (primary N) is 1. The molecule has 6 N–H and O–H groups in total. The van der Waals surface area contributed by atoms with Gasteiger partial charge in [-0.05, 0) is 94.7 Å². The Hall–Kier alpha value is -1.64. The van der Waals surface area contributed by atoms with E-state index in [9.17, 15) is 0 Å². The van der Waals surface area contributed by atoms with Crippen molar-refractivity contribution in [3.05, 3.63) is 6.07 Å². The standard InChI is InChI=1S/C26H46N8/c27-24-16-25(34-12-10-28-11-13-34)33-26(32-24)31-18-20-4-2-19(3-5-20)17-29-8-1-9-30-23-15-21-6-7-22(23)14-21/h16,19-23,28-30H,1-15,17-18H2,(H3,27,31,32,33)/t19?,20?,21-,22?,23?/m1/s1. The topological polar surface area (TPSA) is 103 Å². The summed E-state index contributed by atoms with van der Waals surface area (Å²) in [5.74, 6) is 5.73. The van der Waals surface area contributed by atoms with E-state index in [0.29, 0.717) is 17.7 Å². The second-order valence-corrected chi connectivity index (χ2v) is 11.3. The number of piperazine rings is 1. The van der Waals surface area contributed by atoms with Gasteiger partial charge < -0.3 is 31.9 Å². The van der Waals surface area contributed by atoms with Crippen molar-refractivity contribution in [2.45, 2.75) is 63.8 Å². The van der Waals surface area contributed by atoms with Gasteiger partial charge in [-0.2, -0.15) is 9.97 Å². The largest absolute Gasteiger partial charge is 0.383 e. The fraction of sp³-hybridized carbons (Fsp3) is 0.846. The number of hydrogen-bond acceptors (Lipinski definition) is 8. The van der Waals surface area contributed by atoms with Crippen LogP contribution in [0.1, 0.15) is 57.8 Å². The minimum Gasteiger partial charge on any atom is -0.383 e. The predicted octanol–water partition coefficient (Wildman–Crippen LogP) is 2.44. The average molecular weight is 471 g/mol. The summed E-state index contributed by atoms with van der Waals surface area (Å²) in [7, 11) is 0. The second-order valence-electron chi connectivity index (χ2n) is 11.3. The summed E-state index contributed by atoms with van der Waals surface area (Å²) in [5, 5.41) is 14.4. The zero-order valence-corrected chi connectivity index (χ0v) is 20.9. The molecule has 0 spiro atoms. The van der Waals surface area contributed by atoms with Crippen molar-refractivity contribution in [2.75, 3.05) is 68.3 Å². The average Bonchev–Trinajstić information content (AvgIpc) is 3.49. The van der Waals surface area contributed by atoms with E-state index in [1.807, 2.05) is 6.07 Å². The first-order valence-corrected chi connectivity index (χ1v) is 14.0. The van der Waals surface area contributed by atoms with Crippen LogP contribution < -0.4 is 31.9 Å². The highest BCUT2D eigenvalue weighted by atomic mass is 15.3. The molecule has 4 aliphatic rings. The maximum absolute atomic E-state index is 6.07. The van der Waals surface area contributed by atoms with Gasteiger partial charge in [0.25, 0.3) is 0 Å². The molecule has 0 aromatic carbocycles. The number of hydrogen-bond donors (Lipinski definition) is 5. The van der Waals surface area contributed by atoms with Crippen LogP contribution in [0.5, 0.6) is 0 Å². The van der Waals surface area contributed by atoms with Gasteiger partial charge in [0.1, 0.15) is 11.6 Å². The van der Waals surface area contributed by atoms with E-state index in [4.69, 9.17) is 10.7 Å². The molecule has 34 heavy (non-hydrogen) atoms. The van der Waals surface area contributed by atoms with Crippen LogP contribution in [0.3, 0.4) is 0 Å². The molecule has 2 heterocycles. The summed E-state index contributed by atoms with van der Waals surface area (Å²) in [6.45, 7) is 8.36. The summed E-state index contributed by atoms with van der Waals surface area (Å²) in [6, 6.07) is 2.72. The number of nitrogen functional groups attached to an aromatic ring is 1. The van der Waals surface area contributed by atoms with E-state index in [2.05, 4.69) is 31.2 Å². The van der Waals surface area contributed by atoms with E-state index in [-0.39, 0.29) is 0 Å². The van der Waals surface area contributed by atoms with Crippen LogP contribution in [0.4, 0.5) is 17.6 Å². The molecule has 4 fully saturated rings.